The maximum Gasteiger partial charge on any atom is 0.0789 e. The molecular formula is C9H18N2. The Hall–Kier alpha value is -0.500. The molecular weight excluding hydrogens is 136 g/mol. The Bertz CT molecular complexity index is 163. The molecule has 0 aromatic rings. The number of hydrogen-bond donors (Lipinski definition) is 0. The number of allylic oxidation sites excluding steroid dienone is 1. The second kappa shape index (κ2) is 3.26. The molecule has 0 N–H and O–H groups in total. The van der Waals surface area contributed by atoms with Crippen molar-refractivity contribution in [2.75, 3.05) is 20.1 Å². The Morgan fingerprint density at radius 1 is 1.64 bits per heavy atom. The van der Waals surface area contributed by atoms with E-state index in [1.165, 1.54) is 5.70 Å². The van der Waals surface area contributed by atoms with Crippen LogP contribution in [-0.4, -0.2) is 36.1 Å². The quantitative estimate of drug-likeness (QED) is 0.565. The minimum atomic E-state index is 0.560. The van der Waals surface area contributed by atoms with Crippen LogP contribution in [0.1, 0.15) is 20.8 Å². The van der Waals surface area contributed by atoms with Gasteiger partial charge in [-0.2, -0.15) is 0 Å². The van der Waals surface area contributed by atoms with Crippen molar-refractivity contribution in [1.29, 1.82) is 0 Å². The summed E-state index contributed by atoms with van der Waals surface area (Å²) in [5, 5.41) is 0. The van der Waals surface area contributed by atoms with E-state index in [4.69, 9.17) is 0 Å². The number of likely N-dealkylation sites (N-methyl/N-ethyl adjacent to an activating group) is 1. The van der Waals surface area contributed by atoms with Gasteiger partial charge in [-0.3, -0.25) is 4.90 Å². The summed E-state index contributed by atoms with van der Waals surface area (Å²) in [6.45, 7) is 8.83. The van der Waals surface area contributed by atoms with Gasteiger partial charge in [-0.25, -0.2) is 0 Å². The minimum Gasteiger partial charge on any atom is -0.360 e. The maximum absolute atomic E-state index is 2.41. The van der Waals surface area contributed by atoms with E-state index in [0.717, 1.165) is 13.1 Å². The van der Waals surface area contributed by atoms with Gasteiger partial charge in [0.05, 0.1) is 6.17 Å². The first kappa shape index (κ1) is 8.60. The van der Waals surface area contributed by atoms with Crippen molar-refractivity contribution in [3.63, 3.8) is 0 Å². The van der Waals surface area contributed by atoms with E-state index in [1.54, 1.807) is 0 Å². The highest BCUT2D eigenvalue weighted by Crippen LogP contribution is 2.15. The molecule has 1 aliphatic rings. The zero-order valence-corrected chi connectivity index (χ0v) is 7.96. The predicted molar refractivity (Wildman–Crippen MR) is 48.2 cm³/mol. The van der Waals surface area contributed by atoms with Crippen LogP contribution in [0.4, 0.5) is 0 Å². The highest BCUT2D eigenvalue weighted by molar-refractivity contribution is 5.04. The van der Waals surface area contributed by atoms with Crippen LogP contribution in [0, 0.1) is 0 Å². The molecule has 0 saturated carbocycles. The van der Waals surface area contributed by atoms with Crippen LogP contribution in [0.25, 0.3) is 0 Å². The van der Waals surface area contributed by atoms with E-state index in [0.29, 0.717) is 6.17 Å². The number of rotatable bonds is 1. The molecule has 0 saturated heterocycles. The highest BCUT2D eigenvalue weighted by Gasteiger charge is 2.19. The Balaban J connectivity index is 2.72. The molecule has 0 aliphatic carbocycles. The molecule has 64 valence electrons. The molecule has 0 fully saturated rings. The smallest absolute Gasteiger partial charge is 0.0789 e. The molecule has 1 unspecified atom stereocenters. The molecule has 1 rings (SSSR count). The van der Waals surface area contributed by atoms with E-state index in [1.807, 2.05) is 0 Å². The summed E-state index contributed by atoms with van der Waals surface area (Å²) in [7, 11) is 2.16. The van der Waals surface area contributed by atoms with Crippen LogP contribution < -0.4 is 0 Å². The van der Waals surface area contributed by atoms with E-state index in [2.05, 4.69) is 43.7 Å². The van der Waals surface area contributed by atoms with Gasteiger partial charge in [0.1, 0.15) is 0 Å². The van der Waals surface area contributed by atoms with Crippen LogP contribution >= 0.6 is 0 Å². The SMILES string of the molecule is CCN1C(C)=CCN(C)C1C. The van der Waals surface area contributed by atoms with Gasteiger partial charge in [-0.05, 0) is 27.8 Å². The van der Waals surface area contributed by atoms with Gasteiger partial charge in [0.15, 0.2) is 0 Å². The lowest BCUT2D eigenvalue weighted by atomic mass is 10.2. The maximum atomic E-state index is 2.41. The molecule has 2 heteroatoms. The van der Waals surface area contributed by atoms with Crippen molar-refractivity contribution in [1.82, 2.24) is 9.80 Å². The standard InChI is InChI=1S/C9H18N2/c1-5-11-8(2)6-7-10(4)9(11)3/h6,9H,5,7H2,1-4H3. The lowest BCUT2D eigenvalue weighted by Gasteiger charge is -2.40. The average molecular weight is 154 g/mol. The Morgan fingerprint density at radius 2 is 2.27 bits per heavy atom. The van der Waals surface area contributed by atoms with Gasteiger partial charge in [0.2, 0.25) is 0 Å². The van der Waals surface area contributed by atoms with Gasteiger partial charge in [-0.15, -0.1) is 0 Å². The largest absolute Gasteiger partial charge is 0.360 e. The summed E-state index contributed by atoms with van der Waals surface area (Å²) in [6.07, 6.45) is 2.84. The third-order valence-corrected chi connectivity index (χ3v) is 2.56. The van der Waals surface area contributed by atoms with E-state index in [-0.39, 0.29) is 0 Å². The first-order valence-corrected chi connectivity index (χ1v) is 4.30. The summed E-state index contributed by atoms with van der Waals surface area (Å²) >= 11 is 0. The fraction of sp³-hybridized carbons (Fsp3) is 0.778. The highest BCUT2D eigenvalue weighted by atomic mass is 15.3. The zero-order chi connectivity index (χ0) is 8.43. The molecule has 0 spiro atoms. The van der Waals surface area contributed by atoms with Crippen molar-refractivity contribution in [3.05, 3.63) is 11.8 Å². The van der Waals surface area contributed by atoms with Crippen LogP contribution in [0.3, 0.4) is 0 Å². The van der Waals surface area contributed by atoms with E-state index in [9.17, 15) is 0 Å². The zero-order valence-electron chi connectivity index (χ0n) is 7.96. The van der Waals surface area contributed by atoms with Gasteiger partial charge in [0, 0.05) is 18.8 Å². The monoisotopic (exact) mass is 154 g/mol. The second-order valence-corrected chi connectivity index (χ2v) is 3.20. The summed E-state index contributed by atoms with van der Waals surface area (Å²) < 4.78 is 0. The lowest BCUT2D eigenvalue weighted by Crippen LogP contribution is -2.46. The van der Waals surface area contributed by atoms with Crippen molar-refractivity contribution in [2.45, 2.75) is 26.9 Å². The third-order valence-electron chi connectivity index (χ3n) is 2.56. The van der Waals surface area contributed by atoms with Crippen molar-refractivity contribution < 1.29 is 0 Å². The number of hydrogen-bond acceptors (Lipinski definition) is 2. The number of nitrogens with zero attached hydrogens (tertiary/aromatic N) is 2. The topological polar surface area (TPSA) is 6.48 Å². The molecule has 2 nitrogen and oxygen atoms in total. The molecule has 0 aromatic heterocycles. The normalized spacial score (nSPS) is 27.1. The van der Waals surface area contributed by atoms with Crippen molar-refractivity contribution in [2.24, 2.45) is 0 Å². The Kier molecular flexibility index (Phi) is 2.55. The predicted octanol–water partition coefficient (Wildman–Crippen LogP) is 1.50. The summed E-state index contributed by atoms with van der Waals surface area (Å²) in [4.78, 5) is 4.75. The summed E-state index contributed by atoms with van der Waals surface area (Å²) in [6, 6.07) is 0. The van der Waals surface area contributed by atoms with Crippen molar-refractivity contribution >= 4 is 0 Å². The van der Waals surface area contributed by atoms with Gasteiger partial charge < -0.3 is 4.90 Å². The summed E-state index contributed by atoms with van der Waals surface area (Å²) in [5.74, 6) is 0. The second-order valence-electron chi connectivity index (χ2n) is 3.20. The van der Waals surface area contributed by atoms with Crippen molar-refractivity contribution in [3.8, 4) is 0 Å². The van der Waals surface area contributed by atoms with E-state index >= 15 is 0 Å². The van der Waals surface area contributed by atoms with Gasteiger partial charge >= 0.3 is 0 Å². The fourth-order valence-electron chi connectivity index (χ4n) is 1.59. The molecule has 0 bridgehead atoms. The van der Waals surface area contributed by atoms with Gasteiger partial charge in [-0.1, -0.05) is 6.08 Å². The third kappa shape index (κ3) is 1.56. The summed E-state index contributed by atoms with van der Waals surface area (Å²) in [5.41, 5.74) is 1.41. The van der Waals surface area contributed by atoms with Crippen LogP contribution in [0.2, 0.25) is 0 Å². The molecule has 11 heavy (non-hydrogen) atoms. The van der Waals surface area contributed by atoms with Crippen LogP contribution in [0.15, 0.2) is 11.8 Å². The first-order valence-electron chi connectivity index (χ1n) is 4.30. The molecule has 1 atom stereocenters. The minimum absolute atomic E-state index is 0.560. The molecule has 0 radical (unpaired) electrons. The van der Waals surface area contributed by atoms with Crippen LogP contribution in [0.5, 0.6) is 0 Å². The Morgan fingerprint density at radius 3 is 2.73 bits per heavy atom. The van der Waals surface area contributed by atoms with Gasteiger partial charge in [0.25, 0.3) is 0 Å². The fourth-order valence-corrected chi connectivity index (χ4v) is 1.59. The first-order chi connectivity index (χ1) is 5.16. The average Bonchev–Trinajstić information content (AvgIpc) is 1.99. The molecule has 1 aliphatic heterocycles. The Labute approximate surface area is 69.5 Å². The molecule has 0 amide bonds. The molecule has 1 heterocycles. The van der Waals surface area contributed by atoms with E-state index < -0.39 is 0 Å². The molecule has 0 aromatic carbocycles. The lowest BCUT2D eigenvalue weighted by molar-refractivity contribution is 0.103. The van der Waals surface area contributed by atoms with Crippen LogP contribution in [-0.2, 0) is 0 Å².